The molecule has 0 aromatic heterocycles. The highest BCUT2D eigenvalue weighted by Gasteiger charge is 1.83. The molecule has 0 fully saturated rings. The third kappa shape index (κ3) is 2.87. The summed E-state index contributed by atoms with van der Waals surface area (Å²) in [5.41, 5.74) is 0. The van der Waals surface area contributed by atoms with Gasteiger partial charge in [0, 0.05) is 11.8 Å². The Bertz CT molecular complexity index is 176. The van der Waals surface area contributed by atoms with Crippen LogP contribution in [0.5, 0.6) is 0 Å². The predicted octanol–water partition coefficient (Wildman–Crippen LogP) is 0.416. The van der Waals surface area contributed by atoms with Crippen LogP contribution in [0.15, 0.2) is 0 Å². The van der Waals surface area contributed by atoms with Gasteiger partial charge in [0.1, 0.15) is 12.3 Å². The standard InChI is InChI=1S/C5F2O/c6-3-1-5(8)2-4-7. The van der Waals surface area contributed by atoms with E-state index in [1.807, 2.05) is 0 Å². The van der Waals surface area contributed by atoms with E-state index in [2.05, 4.69) is 0 Å². The molecule has 0 aromatic rings. The first-order valence-electron chi connectivity index (χ1n) is 1.58. The van der Waals surface area contributed by atoms with E-state index in [0.717, 1.165) is 12.3 Å². The zero-order chi connectivity index (χ0) is 6.41. The van der Waals surface area contributed by atoms with E-state index in [9.17, 15) is 13.6 Å². The van der Waals surface area contributed by atoms with Crippen molar-refractivity contribution in [1.82, 2.24) is 0 Å². The Kier molecular flexibility index (Phi) is 3.18. The first-order valence-corrected chi connectivity index (χ1v) is 1.58. The lowest BCUT2D eigenvalue weighted by Gasteiger charge is -1.61. The van der Waals surface area contributed by atoms with Gasteiger partial charge in [-0.2, -0.15) is 0 Å². The van der Waals surface area contributed by atoms with Crippen LogP contribution in [-0.2, 0) is 4.79 Å². The normalized spacial score (nSPS) is 5.25. The maximum absolute atomic E-state index is 10.8. The lowest BCUT2D eigenvalue weighted by molar-refractivity contribution is -0.109. The Balaban J connectivity index is 3.92. The Hall–Kier alpha value is -1.35. The molecule has 0 aromatic carbocycles. The summed E-state index contributed by atoms with van der Waals surface area (Å²) in [4.78, 5) is 9.82. The van der Waals surface area contributed by atoms with Crippen molar-refractivity contribution in [2.45, 2.75) is 0 Å². The van der Waals surface area contributed by atoms with E-state index in [4.69, 9.17) is 0 Å². The zero-order valence-electron chi connectivity index (χ0n) is 3.66. The van der Waals surface area contributed by atoms with E-state index in [1.165, 1.54) is 11.8 Å². The number of rotatable bonds is 0. The fourth-order valence-electron chi connectivity index (χ4n) is 0.117. The average Bonchev–Trinajstić information content (AvgIpc) is 1.68. The number of carbonyl (C=O) groups excluding carboxylic acids is 1. The quantitative estimate of drug-likeness (QED) is 0.417. The maximum atomic E-state index is 10.8. The molecule has 1 nitrogen and oxygen atoms in total. The number of halogens is 2. The minimum absolute atomic E-state index is 0.784. The lowest BCUT2D eigenvalue weighted by Crippen LogP contribution is -1.83. The molecule has 40 valence electrons. The van der Waals surface area contributed by atoms with Gasteiger partial charge in [-0.05, 0) is 0 Å². The second-order valence-corrected chi connectivity index (χ2v) is 0.768. The van der Waals surface area contributed by atoms with Crippen molar-refractivity contribution in [2.24, 2.45) is 0 Å². The third-order valence-electron chi connectivity index (χ3n) is 0.322. The van der Waals surface area contributed by atoms with Gasteiger partial charge in [-0.3, -0.25) is 4.79 Å². The molecule has 0 spiro atoms. The first kappa shape index (κ1) is 6.65. The summed E-state index contributed by atoms with van der Waals surface area (Å²) in [6.45, 7) is 0. The van der Waals surface area contributed by atoms with Crippen molar-refractivity contribution < 1.29 is 13.6 Å². The van der Waals surface area contributed by atoms with E-state index >= 15 is 0 Å². The summed E-state index contributed by atoms with van der Waals surface area (Å²) < 4.78 is 21.6. The minimum atomic E-state index is -1.06. The van der Waals surface area contributed by atoms with Gasteiger partial charge in [0.05, 0.1) is 0 Å². The van der Waals surface area contributed by atoms with Gasteiger partial charge in [0.25, 0.3) is 5.78 Å². The molecule has 3 heteroatoms. The molecular weight excluding hydrogens is 114 g/mol. The fourth-order valence-corrected chi connectivity index (χ4v) is 0.117. The van der Waals surface area contributed by atoms with Crippen LogP contribution in [0.25, 0.3) is 0 Å². The molecule has 0 aliphatic heterocycles. The van der Waals surface area contributed by atoms with E-state index in [1.54, 1.807) is 0 Å². The van der Waals surface area contributed by atoms with Gasteiger partial charge < -0.3 is 0 Å². The molecule has 0 saturated carbocycles. The van der Waals surface area contributed by atoms with Crippen LogP contribution in [-0.4, -0.2) is 5.78 Å². The highest BCUT2D eigenvalue weighted by atomic mass is 19.1. The van der Waals surface area contributed by atoms with Gasteiger partial charge in [-0.25, -0.2) is 0 Å². The van der Waals surface area contributed by atoms with Crippen molar-refractivity contribution >= 4 is 5.78 Å². The Labute approximate surface area is 44.7 Å². The molecule has 0 unspecified atom stereocenters. The molecule has 0 aliphatic carbocycles. The molecule has 0 saturated heterocycles. The second kappa shape index (κ2) is 3.83. The molecule has 0 heterocycles. The van der Waals surface area contributed by atoms with Crippen molar-refractivity contribution in [3.05, 3.63) is 0 Å². The topological polar surface area (TPSA) is 17.1 Å². The highest BCUT2D eigenvalue weighted by Crippen LogP contribution is 1.64. The summed E-state index contributed by atoms with van der Waals surface area (Å²) in [5.74, 6) is 1.69. The van der Waals surface area contributed by atoms with Crippen molar-refractivity contribution in [3.63, 3.8) is 0 Å². The van der Waals surface area contributed by atoms with Crippen LogP contribution in [0.4, 0.5) is 8.78 Å². The van der Waals surface area contributed by atoms with Crippen LogP contribution in [0.1, 0.15) is 0 Å². The van der Waals surface area contributed by atoms with Crippen LogP contribution in [0.2, 0.25) is 0 Å². The van der Waals surface area contributed by atoms with E-state index in [-0.39, 0.29) is 0 Å². The molecule has 0 radical (unpaired) electrons. The van der Waals surface area contributed by atoms with Crippen LogP contribution in [0.3, 0.4) is 0 Å². The summed E-state index contributed by atoms with van der Waals surface area (Å²) in [6, 6.07) is 0. The van der Waals surface area contributed by atoms with E-state index in [0.29, 0.717) is 0 Å². The summed E-state index contributed by atoms with van der Waals surface area (Å²) >= 11 is 0. The Morgan fingerprint density at radius 2 is 1.50 bits per heavy atom. The number of hydrogen-bond donors (Lipinski definition) is 0. The maximum Gasteiger partial charge on any atom is 0.284 e. The predicted molar refractivity (Wildman–Crippen MR) is 22.8 cm³/mol. The number of ketones is 1. The molecule has 0 bridgehead atoms. The molecule has 0 amide bonds. The zero-order valence-corrected chi connectivity index (χ0v) is 3.66. The largest absolute Gasteiger partial charge is 0.284 e. The number of carbonyl (C=O) groups is 1. The van der Waals surface area contributed by atoms with Crippen LogP contribution < -0.4 is 0 Å². The highest BCUT2D eigenvalue weighted by molar-refractivity contribution is 6.08. The van der Waals surface area contributed by atoms with Crippen LogP contribution in [0, 0.1) is 24.2 Å². The SMILES string of the molecule is O=C(C#CF)C#CF. The third-order valence-corrected chi connectivity index (χ3v) is 0.322. The molecule has 8 heavy (non-hydrogen) atoms. The summed E-state index contributed by atoms with van der Waals surface area (Å²) in [7, 11) is 0. The van der Waals surface area contributed by atoms with Crippen molar-refractivity contribution in [3.8, 4) is 24.2 Å². The van der Waals surface area contributed by atoms with E-state index < -0.39 is 5.78 Å². The van der Waals surface area contributed by atoms with Gasteiger partial charge in [0.15, 0.2) is 0 Å². The molecule has 0 N–H and O–H groups in total. The van der Waals surface area contributed by atoms with Gasteiger partial charge in [-0.15, -0.1) is 8.78 Å². The van der Waals surface area contributed by atoms with Crippen LogP contribution >= 0.6 is 0 Å². The summed E-state index contributed by atoms with van der Waals surface area (Å²) in [5, 5.41) is 0. The Morgan fingerprint density at radius 3 is 1.75 bits per heavy atom. The van der Waals surface area contributed by atoms with Gasteiger partial charge in [0.2, 0.25) is 0 Å². The number of Topliss-reactive ketones (excluding diaryl/α,β-unsaturated/α-hetero) is 1. The molecule has 0 atom stereocenters. The lowest BCUT2D eigenvalue weighted by atomic mass is 10.4. The fraction of sp³-hybridized carbons (Fsp3) is 0. The molecule has 0 aliphatic rings. The smallest absolute Gasteiger partial charge is 0.269 e. The average molecular weight is 114 g/mol. The Morgan fingerprint density at radius 1 is 1.12 bits per heavy atom. The van der Waals surface area contributed by atoms with Crippen molar-refractivity contribution in [1.29, 1.82) is 0 Å². The van der Waals surface area contributed by atoms with Gasteiger partial charge in [-0.1, -0.05) is 0 Å². The first-order chi connectivity index (χ1) is 3.81. The van der Waals surface area contributed by atoms with Gasteiger partial charge >= 0.3 is 0 Å². The minimum Gasteiger partial charge on any atom is -0.269 e. The monoisotopic (exact) mass is 114 g/mol. The molecular formula is C5F2O. The second-order valence-electron chi connectivity index (χ2n) is 0.768. The molecule has 0 rings (SSSR count). The van der Waals surface area contributed by atoms with Crippen molar-refractivity contribution in [2.75, 3.05) is 0 Å². The number of hydrogen-bond acceptors (Lipinski definition) is 1. The summed E-state index contributed by atoms with van der Waals surface area (Å²) in [6.07, 6.45) is 1.57.